The summed E-state index contributed by atoms with van der Waals surface area (Å²) in [6.07, 6.45) is 0. The number of primary amides is 1. The molecular formula is C13H16BrN3O2. The fourth-order valence-corrected chi connectivity index (χ4v) is 2.20. The Morgan fingerprint density at radius 1 is 1.32 bits per heavy atom. The Kier molecular flexibility index (Phi) is 4.55. The summed E-state index contributed by atoms with van der Waals surface area (Å²) in [7, 11) is 0. The number of carbonyl (C=O) groups is 2. The highest BCUT2D eigenvalue weighted by atomic mass is 79.9. The first-order valence-electron chi connectivity index (χ1n) is 6.08. The standard InChI is InChI=1S/C13H16BrN3O2/c14-11-3-1-9(2-4-11)7-17(8-12(15)18)13(19)10-5-16-6-10/h1-4,10,16H,5-8H2,(H2,15,18). The number of hydrogen-bond acceptors (Lipinski definition) is 3. The zero-order valence-electron chi connectivity index (χ0n) is 10.4. The lowest BCUT2D eigenvalue weighted by atomic mass is 10.0. The van der Waals surface area contributed by atoms with Crippen molar-refractivity contribution in [1.82, 2.24) is 10.2 Å². The third-order valence-corrected chi connectivity index (χ3v) is 3.60. The number of benzene rings is 1. The number of halogens is 1. The lowest BCUT2D eigenvalue weighted by molar-refractivity contribution is -0.140. The van der Waals surface area contributed by atoms with Crippen molar-refractivity contribution >= 4 is 27.7 Å². The Hall–Kier alpha value is -1.40. The van der Waals surface area contributed by atoms with Gasteiger partial charge in [-0.05, 0) is 17.7 Å². The van der Waals surface area contributed by atoms with Gasteiger partial charge in [-0.15, -0.1) is 0 Å². The molecule has 6 heteroatoms. The molecule has 2 amide bonds. The Labute approximate surface area is 120 Å². The lowest BCUT2D eigenvalue weighted by Crippen LogP contribution is -2.53. The summed E-state index contributed by atoms with van der Waals surface area (Å²) < 4.78 is 0.979. The second-order valence-corrected chi connectivity index (χ2v) is 5.56. The van der Waals surface area contributed by atoms with E-state index in [4.69, 9.17) is 5.73 Å². The van der Waals surface area contributed by atoms with Gasteiger partial charge in [0.15, 0.2) is 0 Å². The summed E-state index contributed by atoms with van der Waals surface area (Å²) in [4.78, 5) is 24.8. The topological polar surface area (TPSA) is 75.4 Å². The van der Waals surface area contributed by atoms with E-state index < -0.39 is 5.91 Å². The number of carbonyl (C=O) groups excluding carboxylic acids is 2. The van der Waals surface area contributed by atoms with Crippen molar-refractivity contribution in [2.75, 3.05) is 19.6 Å². The maximum absolute atomic E-state index is 12.2. The summed E-state index contributed by atoms with van der Waals surface area (Å²) in [6, 6.07) is 7.66. The molecule has 1 aromatic rings. The molecule has 1 aromatic carbocycles. The maximum atomic E-state index is 12.2. The molecule has 3 N–H and O–H groups in total. The van der Waals surface area contributed by atoms with Crippen molar-refractivity contribution < 1.29 is 9.59 Å². The third-order valence-electron chi connectivity index (χ3n) is 3.08. The van der Waals surface area contributed by atoms with E-state index in [1.54, 1.807) is 0 Å². The van der Waals surface area contributed by atoms with Gasteiger partial charge in [0.2, 0.25) is 11.8 Å². The Morgan fingerprint density at radius 2 is 1.95 bits per heavy atom. The first-order valence-corrected chi connectivity index (χ1v) is 6.88. The number of nitrogens with two attached hydrogens (primary N) is 1. The summed E-state index contributed by atoms with van der Waals surface area (Å²) >= 11 is 3.36. The highest BCUT2D eigenvalue weighted by Gasteiger charge is 2.29. The average Bonchev–Trinajstić information content (AvgIpc) is 2.28. The van der Waals surface area contributed by atoms with Crippen molar-refractivity contribution in [2.24, 2.45) is 11.7 Å². The SMILES string of the molecule is NC(=O)CN(Cc1ccc(Br)cc1)C(=O)C1CNC1. The van der Waals surface area contributed by atoms with Crippen LogP contribution in [0.15, 0.2) is 28.7 Å². The van der Waals surface area contributed by atoms with Crippen LogP contribution in [0, 0.1) is 5.92 Å². The van der Waals surface area contributed by atoms with Gasteiger partial charge in [-0.2, -0.15) is 0 Å². The third kappa shape index (κ3) is 3.78. The van der Waals surface area contributed by atoms with E-state index >= 15 is 0 Å². The molecule has 1 saturated heterocycles. The quantitative estimate of drug-likeness (QED) is 0.827. The largest absolute Gasteiger partial charge is 0.368 e. The Bertz CT molecular complexity index is 471. The lowest BCUT2D eigenvalue weighted by Gasteiger charge is -2.32. The molecule has 0 bridgehead atoms. The van der Waals surface area contributed by atoms with E-state index in [2.05, 4.69) is 21.2 Å². The molecule has 1 aliphatic rings. The van der Waals surface area contributed by atoms with Gasteiger partial charge >= 0.3 is 0 Å². The fourth-order valence-electron chi connectivity index (χ4n) is 1.93. The van der Waals surface area contributed by atoms with Crippen LogP contribution in [0.1, 0.15) is 5.56 Å². The minimum atomic E-state index is -0.488. The van der Waals surface area contributed by atoms with Crippen LogP contribution < -0.4 is 11.1 Å². The van der Waals surface area contributed by atoms with E-state index in [0.29, 0.717) is 19.6 Å². The van der Waals surface area contributed by atoms with Crippen molar-refractivity contribution in [3.05, 3.63) is 34.3 Å². The summed E-state index contributed by atoms with van der Waals surface area (Å²) in [6.45, 7) is 1.72. The molecule has 0 radical (unpaired) electrons. The molecule has 5 nitrogen and oxygen atoms in total. The molecule has 0 aliphatic carbocycles. The fraction of sp³-hybridized carbons (Fsp3) is 0.385. The molecule has 0 spiro atoms. The minimum Gasteiger partial charge on any atom is -0.368 e. The molecule has 1 aliphatic heterocycles. The van der Waals surface area contributed by atoms with E-state index in [1.165, 1.54) is 4.90 Å². The molecule has 102 valence electrons. The summed E-state index contributed by atoms with van der Waals surface area (Å²) in [5.74, 6) is -0.534. The normalized spacial score (nSPS) is 14.8. The Balaban J connectivity index is 2.06. The molecule has 2 rings (SSSR count). The second-order valence-electron chi connectivity index (χ2n) is 4.64. The summed E-state index contributed by atoms with van der Waals surface area (Å²) in [5.41, 5.74) is 6.19. The number of amides is 2. The van der Waals surface area contributed by atoms with Crippen LogP contribution in [0.2, 0.25) is 0 Å². The highest BCUT2D eigenvalue weighted by Crippen LogP contribution is 2.15. The van der Waals surface area contributed by atoms with Crippen LogP contribution in [0.5, 0.6) is 0 Å². The monoisotopic (exact) mass is 325 g/mol. The first-order chi connectivity index (χ1) is 9.06. The predicted molar refractivity (Wildman–Crippen MR) is 75.1 cm³/mol. The van der Waals surface area contributed by atoms with Gasteiger partial charge in [0.1, 0.15) is 0 Å². The highest BCUT2D eigenvalue weighted by molar-refractivity contribution is 9.10. The molecule has 0 aromatic heterocycles. The molecule has 0 unspecified atom stereocenters. The number of rotatable bonds is 5. The van der Waals surface area contributed by atoms with Crippen LogP contribution in [-0.4, -0.2) is 36.3 Å². The first kappa shape index (κ1) is 14.0. The van der Waals surface area contributed by atoms with Crippen molar-refractivity contribution in [3.8, 4) is 0 Å². The molecule has 0 saturated carbocycles. The van der Waals surface area contributed by atoms with Crippen molar-refractivity contribution in [2.45, 2.75) is 6.54 Å². The molecule has 1 heterocycles. The number of nitrogens with zero attached hydrogens (tertiary/aromatic N) is 1. The zero-order valence-corrected chi connectivity index (χ0v) is 12.0. The molecular weight excluding hydrogens is 310 g/mol. The smallest absolute Gasteiger partial charge is 0.237 e. The van der Waals surface area contributed by atoms with E-state index in [-0.39, 0.29) is 18.4 Å². The molecule has 19 heavy (non-hydrogen) atoms. The second kappa shape index (κ2) is 6.16. The Morgan fingerprint density at radius 3 is 2.42 bits per heavy atom. The van der Waals surface area contributed by atoms with Gasteiger partial charge in [-0.25, -0.2) is 0 Å². The van der Waals surface area contributed by atoms with Crippen molar-refractivity contribution in [1.29, 1.82) is 0 Å². The van der Waals surface area contributed by atoms with Crippen LogP contribution >= 0.6 is 15.9 Å². The van der Waals surface area contributed by atoms with Gasteiger partial charge in [-0.3, -0.25) is 9.59 Å². The minimum absolute atomic E-state index is 0.0135. The predicted octanol–water partition coefficient (Wildman–Crippen LogP) is 0.482. The van der Waals surface area contributed by atoms with Crippen LogP contribution in [0.4, 0.5) is 0 Å². The zero-order chi connectivity index (χ0) is 13.8. The van der Waals surface area contributed by atoms with E-state index in [1.807, 2.05) is 24.3 Å². The van der Waals surface area contributed by atoms with Crippen LogP contribution in [0.25, 0.3) is 0 Å². The van der Waals surface area contributed by atoms with Gasteiger partial charge in [0.25, 0.3) is 0 Å². The number of nitrogens with one attached hydrogen (secondary N) is 1. The van der Waals surface area contributed by atoms with Crippen molar-refractivity contribution in [3.63, 3.8) is 0 Å². The van der Waals surface area contributed by atoms with E-state index in [9.17, 15) is 9.59 Å². The van der Waals surface area contributed by atoms with Gasteiger partial charge in [-0.1, -0.05) is 28.1 Å². The summed E-state index contributed by atoms with van der Waals surface area (Å²) in [5, 5.41) is 3.05. The molecule has 0 atom stereocenters. The number of hydrogen-bond donors (Lipinski definition) is 2. The van der Waals surface area contributed by atoms with Gasteiger partial charge < -0.3 is 16.0 Å². The van der Waals surface area contributed by atoms with Gasteiger partial charge in [0.05, 0.1) is 12.5 Å². The molecule has 1 fully saturated rings. The maximum Gasteiger partial charge on any atom is 0.237 e. The van der Waals surface area contributed by atoms with Gasteiger partial charge in [0, 0.05) is 24.1 Å². The van der Waals surface area contributed by atoms with E-state index in [0.717, 1.165) is 10.0 Å². The van der Waals surface area contributed by atoms with Crippen LogP contribution in [0.3, 0.4) is 0 Å². The average molecular weight is 326 g/mol. The van der Waals surface area contributed by atoms with Crippen LogP contribution in [-0.2, 0) is 16.1 Å².